The van der Waals surface area contributed by atoms with Crippen molar-refractivity contribution in [3.8, 4) is 5.75 Å². The van der Waals surface area contributed by atoms with E-state index in [1.807, 2.05) is 19.1 Å². The van der Waals surface area contributed by atoms with Crippen molar-refractivity contribution in [1.82, 2.24) is 5.32 Å². The highest BCUT2D eigenvalue weighted by Gasteiger charge is 2.14. The number of hydrogen-bond donors (Lipinski definition) is 2. The largest absolute Gasteiger partial charge is 0.508 e. The van der Waals surface area contributed by atoms with E-state index >= 15 is 0 Å². The lowest BCUT2D eigenvalue weighted by Crippen LogP contribution is -2.20. The monoisotopic (exact) mass is 286 g/mol. The van der Waals surface area contributed by atoms with Crippen LogP contribution < -0.4 is 5.32 Å². The predicted octanol–water partition coefficient (Wildman–Crippen LogP) is 3.54. The maximum atomic E-state index is 11.0. The zero-order valence-electron chi connectivity index (χ0n) is 11.8. The number of benzene rings is 2. The molecule has 21 heavy (non-hydrogen) atoms. The van der Waals surface area contributed by atoms with Crippen LogP contribution in [0, 0.1) is 10.1 Å². The molecule has 0 aliphatic rings. The Balaban J connectivity index is 2.10. The molecule has 0 aliphatic heterocycles. The van der Waals surface area contributed by atoms with Gasteiger partial charge in [-0.25, -0.2) is 0 Å². The summed E-state index contributed by atoms with van der Waals surface area (Å²) in [6.45, 7) is 2.47. The van der Waals surface area contributed by atoms with Crippen LogP contribution in [-0.2, 0) is 6.54 Å². The van der Waals surface area contributed by atoms with Crippen molar-refractivity contribution < 1.29 is 10.0 Å². The van der Waals surface area contributed by atoms with Gasteiger partial charge in [-0.1, -0.05) is 37.3 Å². The second kappa shape index (κ2) is 6.85. The number of para-hydroxylation sites is 1. The first-order valence-electron chi connectivity index (χ1n) is 6.86. The highest BCUT2D eigenvalue weighted by molar-refractivity contribution is 5.39. The van der Waals surface area contributed by atoms with E-state index in [-0.39, 0.29) is 22.4 Å². The third-order valence-electron chi connectivity index (χ3n) is 3.43. The van der Waals surface area contributed by atoms with Gasteiger partial charge in [0.15, 0.2) is 0 Å². The summed E-state index contributed by atoms with van der Waals surface area (Å²) in [7, 11) is 0. The molecule has 0 aromatic heterocycles. The molecule has 2 aromatic rings. The van der Waals surface area contributed by atoms with Crippen LogP contribution >= 0.6 is 0 Å². The van der Waals surface area contributed by atoms with Crippen molar-refractivity contribution >= 4 is 5.69 Å². The first-order chi connectivity index (χ1) is 10.1. The number of phenols is 1. The summed E-state index contributed by atoms with van der Waals surface area (Å²) in [5.41, 5.74) is 1.85. The summed E-state index contributed by atoms with van der Waals surface area (Å²) in [6.07, 6.45) is 0.853. The molecule has 0 heterocycles. The number of nitrogens with zero attached hydrogens (tertiary/aromatic N) is 1. The number of rotatable bonds is 6. The van der Waals surface area contributed by atoms with Gasteiger partial charge in [0.25, 0.3) is 5.69 Å². The van der Waals surface area contributed by atoms with Gasteiger partial charge in [-0.2, -0.15) is 0 Å². The van der Waals surface area contributed by atoms with Crippen molar-refractivity contribution in [3.05, 3.63) is 69.8 Å². The van der Waals surface area contributed by atoms with Crippen molar-refractivity contribution in [2.24, 2.45) is 0 Å². The zero-order chi connectivity index (χ0) is 15.2. The molecule has 0 radical (unpaired) electrons. The van der Waals surface area contributed by atoms with Crippen molar-refractivity contribution in [1.29, 1.82) is 0 Å². The lowest BCUT2D eigenvalue weighted by molar-refractivity contribution is -0.385. The lowest BCUT2D eigenvalue weighted by Gasteiger charge is -2.17. The highest BCUT2D eigenvalue weighted by Crippen LogP contribution is 2.22. The minimum atomic E-state index is -0.363. The zero-order valence-corrected chi connectivity index (χ0v) is 11.8. The minimum absolute atomic E-state index is 0.0883. The van der Waals surface area contributed by atoms with Gasteiger partial charge in [0, 0.05) is 24.2 Å². The van der Waals surface area contributed by atoms with Crippen LogP contribution in [0.4, 0.5) is 5.69 Å². The fraction of sp³-hybridized carbons (Fsp3) is 0.250. The Hall–Kier alpha value is -2.40. The van der Waals surface area contributed by atoms with Gasteiger partial charge in [-0.3, -0.25) is 10.1 Å². The van der Waals surface area contributed by atoms with Crippen LogP contribution in [0.3, 0.4) is 0 Å². The van der Waals surface area contributed by atoms with E-state index in [0.29, 0.717) is 12.1 Å². The molecule has 5 nitrogen and oxygen atoms in total. The molecule has 2 aromatic carbocycles. The van der Waals surface area contributed by atoms with Crippen molar-refractivity contribution in [2.45, 2.75) is 25.9 Å². The number of aromatic hydroxyl groups is 1. The quantitative estimate of drug-likeness (QED) is 0.629. The average molecular weight is 286 g/mol. The molecule has 0 spiro atoms. The molecule has 2 N–H and O–H groups in total. The molecule has 0 fully saturated rings. The summed E-state index contributed by atoms with van der Waals surface area (Å²) >= 11 is 0. The van der Waals surface area contributed by atoms with E-state index in [0.717, 1.165) is 12.0 Å². The van der Waals surface area contributed by atoms with Crippen molar-refractivity contribution in [3.63, 3.8) is 0 Å². The van der Waals surface area contributed by atoms with Crippen LogP contribution in [0.15, 0.2) is 48.5 Å². The molecule has 1 atom stereocenters. The summed E-state index contributed by atoms with van der Waals surface area (Å²) in [5.74, 6) is 0.229. The molecule has 0 aliphatic carbocycles. The summed E-state index contributed by atoms with van der Waals surface area (Å²) in [4.78, 5) is 10.6. The first-order valence-corrected chi connectivity index (χ1v) is 6.86. The maximum absolute atomic E-state index is 11.0. The van der Waals surface area contributed by atoms with Crippen LogP contribution in [0.25, 0.3) is 0 Å². The third kappa shape index (κ3) is 3.79. The van der Waals surface area contributed by atoms with Crippen LogP contribution in [-0.4, -0.2) is 10.0 Å². The smallest absolute Gasteiger partial charge is 0.273 e. The molecule has 0 amide bonds. The van der Waals surface area contributed by atoms with Gasteiger partial charge < -0.3 is 10.4 Å². The van der Waals surface area contributed by atoms with Gasteiger partial charge in [0.05, 0.1) is 4.92 Å². The van der Waals surface area contributed by atoms with Gasteiger partial charge in [-0.05, 0) is 24.1 Å². The molecule has 0 bridgehead atoms. The molecular formula is C16H18N2O3. The Morgan fingerprint density at radius 2 is 1.86 bits per heavy atom. The van der Waals surface area contributed by atoms with Gasteiger partial charge in [0.1, 0.15) is 5.75 Å². The van der Waals surface area contributed by atoms with E-state index in [4.69, 9.17) is 0 Å². The Bertz CT molecular complexity index is 611. The van der Waals surface area contributed by atoms with Crippen LogP contribution in [0.1, 0.15) is 30.5 Å². The minimum Gasteiger partial charge on any atom is -0.508 e. The number of nitro groups is 1. The Labute approximate surface area is 123 Å². The Morgan fingerprint density at radius 3 is 2.48 bits per heavy atom. The lowest BCUT2D eigenvalue weighted by atomic mass is 10.0. The molecular weight excluding hydrogens is 268 g/mol. The topological polar surface area (TPSA) is 75.4 Å². The maximum Gasteiger partial charge on any atom is 0.273 e. The normalized spacial score (nSPS) is 12.0. The first kappa shape index (κ1) is 15.0. The van der Waals surface area contributed by atoms with Crippen LogP contribution in [0.5, 0.6) is 5.75 Å². The van der Waals surface area contributed by atoms with E-state index in [1.165, 1.54) is 6.07 Å². The van der Waals surface area contributed by atoms with Crippen molar-refractivity contribution in [2.75, 3.05) is 0 Å². The second-order valence-electron chi connectivity index (χ2n) is 4.82. The fourth-order valence-electron chi connectivity index (χ4n) is 2.28. The average Bonchev–Trinajstić information content (AvgIpc) is 2.50. The molecule has 5 heteroatoms. The van der Waals surface area contributed by atoms with Crippen LogP contribution in [0.2, 0.25) is 0 Å². The molecule has 0 saturated carbocycles. The molecule has 0 saturated heterocycles. The van der Waals surface area contributed by atoms with E-state index in [2.05, 4.69) is 5.32 Å². The van der Waals surface area contributed by atoms with Gasteiger partial charge in [0.2, 0.25) is 0 Å². The Kier molecular flexibility index (Phi) is 4.90. The van der Waals surface area contributed by atoms with E-state index in [9.17, 15) is 15.2 Å². The number of nitrogens with one attached hydrogen (secondary N) is 1. The molecule has 110 valence electrons. The summed E-state index contributed by atoms with van der Waals surface area (Å²) in [6, 6.07) is 13.8. The second-order valence-corrected chi connectivity index (χ2v) is 4.82. The van der Waals surface area contributed by atoms with Gasteiger partial charge in [-0.15, -0.1) is 0 Å². The number of nitro benzene ring substituents is 1. The third-order valence-corrected chi connectivity index (χ3v) is 3.43. The number of hydrogen-bond acceptors (Lipinski definition) is 4. The molecule has 1 unspecified atom stereocenters. The SMILES string of the molecule is CCC(NCc1ccccc1[N+](=O)[O-])c1ccc(O)cc1. The molecule has 2 rings (SSSR count). The van der Waals surface area contributed by atoms with E-state index < -0.39 is 0 Å². The standard InChI is InChI=1S/C16H18N2O3/c1-2-15(12-7-9-14(19)10-8-12)17-11-13-5-3-4-6-16(13)18(20)21/h3-10,15,17,19H,2,11H2,1H3. The fourth-order valence-corrected chi connectivity index (χ4v) is 2.28. The summed E-state index contributed by atoms with van der Waals surface area (Å²) < 4.78 is 0. The summed E-state index contributed by atoms with van der Waals surface area (Å²) in [5, 5.41) is 23.6. The van der Waals surface area contributed by atoms with Gasteiger partial charge >= 0.3 is 0 Å². The van der Waals surface area contributed by atoms with E-state index in [1.54, 1.807) is 30.3 Å². The highest BCUT2D eigenvalue weighted by atomic mass is 16.6. The number of phenolic OH excluding ortho intramolecular Hbond substituents is 1. The Morgan fingerprint density at radius 1 is 1.19 bits per heavy atom. The predicted molar refractivity (Wildman–Crippen MR) is 81.1 cm³/mol.